The van der Waals surface area contributed by atoms with Crippen LogP contribution >= 0.6 is 0 Å². The number of nitrogens with two attached hydrogens (primary N) is 1. The van der Waals surface area contributed by atoms with E-state index in [1.54, 1.807) is 0 Å². The van der Waals surface area contributed by atoms with Crippen molar-refractivity contribution >= 4 is 0 Å². The molecule has 2 unspecified atom stereocenters. The summed E-state index contributed by atoms with van der Waals surface area (Å²) in [6.45, 7) is 5.13. The molecule has 0 amide bonds. The molecule has 68 valence electrons. The zero-order chi connectivity index (χ0) is 8.69. The van der Waals surface area contributed by atoms with Crippen LogP contribution in [-0.4, -0.2) is 30.3 Å². The van der Waals surface area contributed by atoms with Crippen molar-refractivity contribution < 1.29 is 5.11 Å². The number of hydrogen-bond donors (Lipinski definition) is 3. The zero-order valence-corrected chi connectivity index (χ0v) is 7.51. The summed E-state index contributed by atoms with van der Waals surface area (Å²) >= 11 is 0. The summed E-state index contributed by atoms with van der Waals surface area (Å²) < 4.78 is 0. The smallest absolute Gasteiger partial charge is 0.0581 e. The predicted molar refractivity (Wildman–Crippen MR) is 47.4 cm³/mol. The van der Waals surface area contributed by atoms with Crippen LogP contribution in [0, 0.1) is 0 Å². The summed E-state index contributed by atoms with van der Waals surface area (Å²) in [6.07, 6.45) is 2.01. The van der Waals surface area contributed by atoms with E-state index >= 15 is 0 Å². The van der Waals surface area contributed by atoms with Crippen LogP contribution in [0.15, 0.2) is 0 Å². The monoisotopic (exact) mass is 160 g/mol. The van der Waals surface area contributed by atoms with Crippen molar-refractivity contribution in [2.24, 2.45) is 5.73 Å². The summed E-state index contributed by atoms with van der Waals surface area (Å²) in [5.41, 5.74) is 5.70. The highest BCUT2D eigenvalue weighted by molar-refractivity contribution is 4.63. The van der Waals surface area contributed by atoms with Gasteiger partial charge in [0.05, 0.1) is 6.61 Å². The molecule has 3 heteroatoms. The Bertz CT molecular complexity index is 78.2. The summed E-state index contributed by atoms with van der Waals surface area (Å²) in [4.78, 5) is 0. The van der Waals surface area contributed by atoms with Crippen LogP contribution in [0.25, 0.3) is 0 Å². The number of nitrogens with one attached hydrogen (secondary N) is 1. The molecule has 0 aromatic heterocycles. The van der Waals surface area contributed by atoms with E-state index in [-0.39, 0.29) is 12.6 Å². The standard InChI is InChI=1S/C8H20N2O/c1-3-8(9)4-5-10-7(2)6-11/h7-8,10-11H,3-6,9H2,1-2H3. The van der Waals surface area contributed by atoms with Crippen LogP contribution in [0.2, 0.25) is 0 Å². The molecule has 0 aliphatic rings. The van der Waals surface area contributed by atoms with Gasteiger partial charge in [0.1, 0.15) is 0 Å². The third-order valence-corrected chi connectivity index (χ3v) is 1.81. The van der Waals surface area contributed by atoms with Crippen molar-refractivity contribution in [1.82, 2.24) is 5.32 Å². The molecule has 0 aliphatic heterocycles. The van der Waals surface area contributed by atoms with Gasteiger partial charge < -0.3 is 16.2 Å². The second-order valence-electron chi connectivity index (χ2n) is 2.99. The molecule has 4 N–H and O–H groups in total. The number of hydrogen-bond acceptors (Lipinski definition) is 3. The van der Waals surface area contributed by atoms with Crippen molar-refractivity contribution in [2.75, 3.05) is 13.2 Å². The van der Waals surface area contributed by atoms with Gasteiger partial charge in [-0.3, -0.25) is 0 Å². The van der Waals surface area contributed by atoms with Crippen LogP contribution < -0.4 is 11.1 Å². The van der Waals surface area contributed by atoms with Crippen LogP contribution in [0.4, 0.5) is 0 Å². The Labute approximate surface area is 69.0 Å². The molecule has 0 bridgehead atoms. The molecule has 0 saturated carbocycles. The van der Waals surface area contributed by atoms with Crippen LogP contribution in [0.1, 0.15) is 26.7 Å². The lowest BCUT2D eigenvalue weighted by Crippen LogP contribution is -2.33. The highest BCUT2D eigenvalue weighted by atomic mass is 16.3. The molecule has 0 rings (SSSR count). The Morgan fingerprint density at radius 3 is 2.64 bits per heavy atom. The molecule has 0 aromatic rings. The Balaban J connectivity index is 3.13. The maximum absolute atomic E-state index is 8.66. The lowest BCUT2D eigenvalue weighted by Gasteiger charge is -2.12. The van der Waals surface area contributed by atoms with E-state index in [0.29, 0.717) is 6.04 Å². The average molecular weight is 160 g/mol. The highest BCUT2D eigenvalue weighted by Gasteiger charge is 2.00. The minimum atomic E-state index is 0.194. The van der Waals surface area contributed by atoms with Crippen molar-refractivity contribution in [1.29, 1.82) is 0 Å². The van der Waals surface area contributed by atoms with Gasteiger partial charge in [-0.05, 0) is 26.3 Å². The van der Waals surface area contributed by atoms with E-state index in [4.69, 9.17) is 10.8 Å². The third kappa shape index (κ3) is 6.28. The third-order valence-electron chi connectivity index (χ3n) is 1.81. The van der Waals surface area contributed by atoms with E-state index < -0.39 is 0 Å². The van der Waals surface area contributed by atoms with E-state index in [9.17, 15) is 0 Å². The Kier molecular flexibility index (Phi) is 6.51. The second kappa shape index (κ2) is 6.58. The van der Waals surface area contributed by atoms with Gasteiger partial charge in [0.15, 0.2) is 0 Å². The van der Waals surface area contributed by atoms with E-state index in [1.165, 1.54) is 0 Å². The second-order valence-corrected chi connectivity index (χ2v) is 2.99. The predicted octanol–water partition coefficient (Wildman–Crippen LogP) is 0.0842. The van der Waals surface area contributed by atoms with Crippen LogP contribution in [0.5, 0.6) is 0 Å². The van der Waals surface area contributed by atoms with Gasteiger partial charge in [0.25, 0.3) is 0 Å². The van der Waals surface area contributed by atoms with E-state index in [2.05, 4.69) is 12.2 Å². The molecular weight excluding hydrogens is 140 g/mol. The van der Waals surface area contributed by atoms with Gasteiger partial charge in [-0.2, -0.15) is 0 Å². The SMILES string of the molecule is CCC(N)CCNC(C)CO. The number of aliphatic hydroxyl groups is 1. The summed E-state index contributed by atoms with van der Waals surface area (Å²) in [5.74, 6) is 0. The molecule has 0 aromatic carbocycles. The minimum Gasteiger partial charge on any atom is -0.395 e. The fourth-order valence-electron chi connectivity index (χ4n) is 0.784. The van der Waals surface area contributed by atoms with E-state index in [0.717, 1.165) is 19.4 Å². The number of rotatable bonds is 6. The Hall–Kier alpha value is -0.120. The van der Waals surface area contributed by atoms with Crippen molar-refractivity contribution in [3.8, 4) is 0 Å². The van der Waals surface area contributed by atoms with Crippen molar-refractivity contribution in [3.63, 3.8) is 0 Å². The molecule has 0 saturated heterocycles. The molecule has 0 spiro atoms. The Morgan fingerprint density at radius 1 is 1.55 bits per heavy atom. The summed E-state index contributed by atoms with van der Waals surface area (Å²) in [6, 6.07) is 0.493. The van der Waals surface area contributed by atoms with Gasteiger partial charge in [0.2, 0.25) is 0 Å². The van der Waals surface area contributed by atoms with Crippen LogP contribution in [0.3, 0.4) is 0 Å². The number of aliphatic hydroxyl groups excluding tert-OH is 1. The highest BCUT2D eigenvalue weighted by Crippen LogP contribution is 1.91. The normalized spacial score (nSPS) is 16.4. The topological polar surface area (TPSA) is 58.3 Å². The summed E-state index contributed by atoms with van der Waals surface area (Å²) in [7, 11) is 0. The lowest BCUT2D eigenvalue weighted by atomic mass is 10.1. The molecule has 0 fully saturated rings. The fraction of sp³-hybridized carbons (Fsp3) is 1.00. The first-order valence-electron chi connectivity index (χ1n) is 4.30. The Morgan fingerprint density at radius 2 is 2.18 bits per heavy atom. The summed E-state index contributed by atoms with van der Waals surface area (Å²) in [5, 5.41) is 11.8. The van der Waals surface area contributed by atoms with Crippen molar-refractivity contribution in [2.45, 2.75) is 38.8 Å². The zero-order valence-electron chi connectivity index (χ0n) is 7.51. The van der Waals surface area contributed by atoms with Gasteiger partial charge in [-0.15, -0.1) is 0 Å². The van der Waals surface area contributed by atoms with Crippen molar-refractivity contribution in [3.05, 3.63) is 0 Å². The average Bonchev–Trinajstić information content (AvgIpc) is 2.04. The maximum Gasteiger partial charge on any atom is 0.0581 e. The van der Waals surface area contributed by atoms with Gasteiger partial charge in [0, 0.05) is 12.1 Å². The quantitative estimate of drug-likeness (QED) is 0.516. The first kappa shape index (κ1) is 10.9. The molecule has 0 heterocycles. The first-order chi connectivity index (χ1) is 5.20. The fourth-order valence-corrected chi connectivity index (χ4v) is 0.784. The largest absolute Gasteiger partial charge is 0.395 e. The molecule has 11 heavy (non-hydrogen) atoms. The minimum absolute atomic E-state index is 0.194. The molecule has 2 atom stereocenters. The first-order valence-corrected chi connectivity index (χ1v) is 4.30. The van der Waals surface area contributed by atoms with Gasteiger partial charge >= 0.3 is 0 Å². The van der Waals surface area contributed by atoms with E-state index in [1.807, 2.05) is 6.92 Å². The molecule has 0 aliphatic carbocycles. The molecular formula is C8H20N2O. The maximum atomic E-state index is 8.66. The molecule has 0 radical (unpaired) electrons. The molecule has 3 nitrogen and oxygen atoms in total. The van der Waals surface area contributed by atoms with Gasteiger partial charge in [-0.1, -0.05) is 6.92 Å². The lowest BCUT2D eigenvalue weighted by molar-refractivity contribution is 0.250. The van der Waals surface area contributed by atoms with Crippen LogP contribution in [-0.2, 0) is 0 Å². The van der Waals surface area contributed by atoms with Gasteiger partial charge in [-0.25, -0.2) is 0 Å².